The van der Waals surface area contributed by atoms with Crippen molar-refractivity contribution in [2.45, 2.75) is 38.5 Å². The molecule has 1 fully saturated rings. The predicted octanol–water partition coefficient (Wildman–Crippen LogP) is 4.08. The van der Waals surface area contributed by atoms with Crippen LogP contribution in [0.2, 0.25) is 0 Å². The van der Waals surface area contributed by atoms with Crippen LogP contribution in [0.3, 0.4) is 0 Å². The van der Waals surface area contributed by atoms with Gasteiger partial charge in [-0.2, -0.15) is 11.8 Å². The monoisotopic (exact) mass is 250 g/mol. The topological polar surface area (TPSA) is 0 Å². The second-order valence-electron chi connectivity index (χ2n) is 3.62. The van der Waals surface area contributed by atoms with Gasteiger partial charge in [-0.1, -0.05) is 28.8 Å². The summed E-state index contributed by atoms with van der Waals surface area (Å²) >= 11 is 5.63. The summed E-state index contributed by atoms with van der Waals surface area (Å²) in [6, 6.07) is 0. The van der Waals surface area contributed by atoms with E-state index in [0.29, 0.717) is 0 Å². The summed E-state index contributed by atoms with van der Waals surface area (Å²) in [5.41, 5.74) is 0. The number of halogens is 1. The van der Waals surface area contributed by atoms with Gasteiger partial charge in [0.15, 0.2) is 0 Å². The molecule has 0 aromatic heterocycles. The van der Waals surface area contributed by atoms with Gasteiger partial charge >= 0.3 is 0 Å². The number of hydrogen-bond acceptors (Lipinski definition) is 1. The molecule has 72 valence electrons. The van der Waals surface area contributed by atoms with E-state index in [1.807, 2.05) is 0 Å². The van der Waals surface area contributed by atoms with E-state index in [1.54, 1.807) is 0 Å². The number of thioether (sulfide) groups is 1. The molecule has 1 saturated carbocycles. The predicted molar refractivity (Wildman–Crippen MR) is 62.3 cm³/mol. The van der Waals surface area contributed by atoms with Gasteiger partial charge in [-0.05, 0) is 43.1 Å². The Morgan fingerprint density at radius 2 is 1.92 bits per heavy atom. The zero-order valence-corrected chi connectivity index (χ0v) is 10.1. The maximum absolute atomic E-state index is 3.46. The van der Waals surface area contributed by atoms with E-state index in [9.17, 15) is 0 Å². The number of hydrogen-bond donors (Lipinski definition) is 0. The second-order valence-corrected chi connectivity index (χ2v) is 5.56. The van der Waals surface area contributed by atoms with E-state index >= 15 is 0 Å². The molecule has 0 nitrogen and oxygen atoms in total. The smallest absolute Gasteiger partial charge is 0.00315 e. The van der Waals surface area contributed by atoms with Crippen LogP contribution in [0.5, 0.6) is 0 Å². The molecular weight excluding hydrogens is 232 g/mol. The third kappa shape index (κ3) is 4.76. The Balaban J connectivity index is 1.81. The molecule has 0 unspecified atom stereocenters. The molecular formula is C10H19BrS. The van der Waals surface area contributed by atoms with Crippen LogP contribution < -0.4 is 0 Å². The Bertz CT molecular complexity index is 100. The summed E-state index contributed by atoms with van der Waals surface area (Å²) in [7, 11) is 0. The molecule has 12 heavy (non-hydrogen) atoms. The molecule has 0 atom stereocenters. The SMILES string of the molecule is BrCCCCSCC1CCCC1. The maximum atomic E-state index is 3.46. The zero-order valence-electron chi connectivity index (χ0n) is 7.73. The first kappa shape index (κ1) is 10.9. The van der Waals surface area contributed by atoms with E-state index in [1.165, 1.54) is 55.4 Å². The molecule has 0 bridgehead atoms. The summed E-state index contributed by atoms with van der Waals surface area (Å²) < 4.78 is 0. The normalized spacial score (nSPS) is 18.8. The molecule has 0 aromatic rings. The van der Waals surface area contributed by atoms with Gasteiger partial charge in [-0.25, -0.2) is 0 Å². The Labute approximate surface area is 89.0 Å². The number of alkyl halides is 1. The van der Waals surface area contributed by atoms with Gasteiger partial charge < -0.3 is 0 Å². The van der Waals surface area contributed by atoms with E-state index in [0.717, 1.165) is 5.92 Å². The van der Waals surface area contributed by atoms with Gasteiger partial charge in [0.2, 0.25) is 0 Å². The molecule has 0 radical (unpaired) electrons. The van der Waals surface area contributed by atoms with Crippen LogP contribution in [-0.2, 0) is 0 Å². The lowest BCUT2D eigenvalue weighted by Crippen LogP contribution is -1.97. The highest BCUT2D eigenvalue weighted by molar-refractivity contribution is 9.09. The fourth-order valence-electron chi connectivity index (χ4n) is 1.73. The third-order valence-corrected chi connectivity index (χ3v) is 4.35. The minimum absolute atomic E-state index is 1.07. The van der Waals surface area contributed by atoms with Crippen LogP contribution in [-0.4, -0.2) is 16.8 Å². The van der Waals surface area contributed by atoms with Crippen molar-refractivity contribution in [3.8, 4) is 0 Å². The molecule has 0 aliphatic heterocycles. The van der Waals surface area contributed by atoms with Crippen LogP contribution in [0.25, 0.3) is 0 Å². The molecule has 0 N–H and O–H groups in total. The standard InChI is InChI=1S/C10H19BrS/c11-7-3-4-8-12-9-10-5-1-2-6-10/h10H,1-9H2. The van der Waals surface area contributed by atoms with Gasteiger partial charge in [-0.15, -0.1) is 0 Å². The maximum Gasteiger partial charge on any atom is 0.00315 e. The summed E-state index contributed by atoms with van der Waals surface area (Å²) in [4.78, 5) is 0. The summed E-state index contributed by atoms with van der Waals surface area (Å²) in [6.07, 6.45) is 8.73. The van der Waals surface area contributed by atoms with Gasteiger partial charge in [0.1, 0.15) is 0 Å². The van der Waals surface area contributed by atoms with E-state index in [2.05, 4.69) is 27.7 Å². The molecule has 0 aromatic carbocycles. The fraction of sp³-hybridized carbons (Fsp3) is 1.00. The van der Waals surface area contributed by atoms with Crippen LogP contribution in [0.4, 0.5) is 0 Å². The van der Waals surface area contributed by atoms with E-state index < -0.39 is 0 Å². The third-order valence-electron chi connectivity index (χ3n) is 2.50. The van der Waals surface area contributed by atoms with Gasteiger partial charge in [-0.3, -0.25) is 0 Å². The van der Waals surface area contributed by atoms with E-state index in [-0.39, 0.29) is 0 Å². The van der Waals surface area contributed by atoms with Crippen molar-refractivity contribution in [2.75, 3.05) is 16.8 Å². The summed E-state index contributed by atoms with van der Waals surface area (Å²) in [5.74, 6) is 3.88. The number of unbranched alkanes of at least 4 members (excludes halogenated alkanes) is 1. The van der Waals surface area contributed by atoms with Gasteiger partial charge in [0.05, 0.1) is 0 Å². The van der Waals surface area contributed by atoms with Crippen molar-refractivity contribution >= 4 is 27.7 Å². The minimum Gasteiger partial charge on any atom is -0.162 e. The Morgan fingerprint density at radius 1 is 1.17 bits per heavy atom. The highest BCUT2D eigenvalue weighted by atomic mass is 79.9. The van der Waals surface area contributed by atoms with E-state index in [4.69, 9.17) is 0 Å². The summed E-state index contributed by atoms with van der Waals surface area (Å²) in [6.45, 7) is 0. The fourth-order valence-corrected chi connectivity index (χ4v) is 3.36. The van der Waals surface area contributed by atoms with Crippen LogP contribution in [0.15, 0.2) is 0 Å². The van der Waals surface area contributed by atoms with Crippen molar-refractivity contribution in [1.82, 2.24) is 0 Å². The molecule has 0 spiro atoms. The molecule has 0 amide bonds. The quantitative estimate of drug-likeness (QED) is 0.506. The number of rotatable bonds is 6. The van der Waals surface area contributed by atoms with Crippen molar-refractivity contribution in [3.63, 3.8) is 0 Å². The first-order chi connectivity index (χ1) is 5.93. The molecule has 1 aliphatic rings. The van der Waals surface area contributed by atoms with Gasteiger partial charge in [0, 0.05) is 5.33 Å². The average molecular weight is 251 g/mol. The lowest BCUT2D eigenvalue weighted by Gasteiger charge is -2.07. The second kappa shape index (κ2) is 7.25. The molecule has 1 rings (SSSR count). The summed E-state index contributed by atoms with van der Waals surface area (Å²) in [5, 5.41) is 1.18. The minimum atomic E-state index is 1.07. The molecule has 0 heterocycles. The molecule has 2 heteroatoms. The Kier molecular flexibility index (Phi) is 6.59. The van der Waals surface area contributed by atoms with Crippen molar-refractivity contribution in [2.24, 2.45) is 5.92 Å². The first-order valence-electron chi connectivity index (χ1n) is 5.07. The Morgan fingerprint density at radius 3 is 2.58 bits per heavy atom. The lowest BCUT2D eigenvalue weighted by atomic mass is 10.1. The van der Waals surface area contributed by atoms with Crippen LogP contribution >= 0.6 is 27.7 Å². The molecule has 0 saturated heterocycles. The highest BCUT2D eigenvalue weighted by Gasteiger charge is 2.13. The molecule has 1 aliphatic carbocycles. The zero-order chi connectivity index (χ0) is 8.65. The van der Waals surface area contributed by atoms with Crippen molar-refractivity contribution in [1.29, 1.82) is 0 Å². The largest absolute Gasteiger partial charge is 0.162 e. The average Bonchev–Trinajstić information content (AvgIpc) is 2.57. The Hall–Kier alpha value is 0.830. The first-order valence-corrected chi connectivity index (χ1v) is 7.35. The van der Waals surface area contributed by atoms with Gasteiger partial charge in [0.25, 0.3) is 0 Å². The highest BCUT2D eigenvalue weighted by Crippen LogP contribution is 2.28. The van der Waals surface area contributed by atoms with Crippen LogP contribution in [0.1, 0.15) is 38.5 Å². The van der Waals surface area contributed by atoms with Crippen molar-refractivity contribution < 1.29 is 0 Å². The lowest BCUT2D eigenvalue weighted by molar-refractivity contribution is 0.623. The van der Waals surface area contributed by atoms with Crippen LogP contribution in [0, 0.1) is 5.92 Å². The van der Waals surface area contributed by atoms with Crippen molar-refractivity contribution in [3.05, 3.63) is 0 Å².